The lowest BCUT2D eigenvalue weighted by Gasteiger charge is -2.21. The molecule has 0 amide bonds. The molecule has 2 aromatic heterocycles. The SMILES string of the molecule is O=c1ccn([C@@H]2O[C@H](CO)[C@@H](O)[C@H]2OCc2cc(COc3ccccc3)no2)c(=O)[nH]1. The summed E-state index contributed by atoms with van der Waals surface area (Å²) in [6.45, 7) is -0.347. The van der Waals surface area contributed by atoms with E-state index < -0.39 is 42.4 Å². The highest BCUT2D eigenvalue weighted by Gasteiger charge is 2.45. The minimum atomic E-state index is -1.21. The zero-order valence-electron chi connectivity index (χ0n) is 16.3. The van der Waals surface area contributed by atoms with Crippen molar-refractivity contribution in [2.75, 3.05) is 6.61 Å². The summed E-state index contributed by atoms with van der Waals surface area (Å²) in [5.41, 5.74) is -0.743. The molecule has 11 heteroatoms. The van der Waals surface area contributed by atoms with Gasteiger partial charge in [-0.25, -0.2) is 4.79 Å². The number of nitrogens with one attached hydrogen (secondary N) is 1. The number of aromatic nitrogens is 3. The van der Waals surface area contributed by atoms with Gasteiger partial charge < -0.3 is 28.9 Å². The van der Waals surface area contributed by atoms with Crippen LogP contribution in [0, 0.1) is 0 Å². The molecule has 1 aromatic carbocycles. The van der Waals surface area contributed by atoms with E-state index in [1.54, 1.807) is 6.07 Å². The average Bonchev–Trinajstić information content (AvgIpc) is 3.35. The van der Waals surface area contributed by atoms with E-state index in [0.29, 0.717) is 17.2 Å². The van der Waals surface area contributed by atoms with Gasteiger partial charge in [0.15, 0.2) is 12.0 Å². The molecular formula is C20H21N3O8. The Morgan fingerprint density at radius 2 is 1.97 bits per heavy atom. The molecule has 0 radical (unpaired) electrons. The standard InChI is InChI=1S/C20H21N3O8/c24-9-15-17(26)18(19(30-15)23-7-6-16(25)21-20(23)27)29-11-14-8-12(22-31-14)10-28-13-4-2-1-3-5-13/h1-8,15,17-19,24,26H,9-11H2,(H,21,25,27)/t15-,17-,18-,19-/m1/s1. The number of ether oxygens (including phenoxy) is 3. The van der Waals surface area contributed by atoms with Gasteiger partial charge in [0, 0.05) is 18.3 Å². The van der Waals surface area contributed by atoms with E-state index in [-0.39, 0.29) is 13.2 Å². The number of para-hydroxylation sites is 1. The Bertz CT molecular complexity index is 1110. The number of hydrogen-bond acceptors (Lipinski definition) is 9. The van der Waals surface area contributed by atoms with Crippen LogP contribution < -0.4 is 16.0 Å². The highest BCUT2D eigenvalue weighted by molar-refractivity contribution is 5.21. The lowest BCUT2D eigenvalue weighted by atomic mass is 10.1. The molecular weight excluding hydrogens is 410 g/mol. The Labute approximate surface area is 175 Å². The lowest BCUT2D eigenvalue weighted by Crippen LogP contribution is -2.39. The van der Waals surface area contributed by atoms with Gasteiger partial charge in [0.2, 0.25) is 0 Å². The first-order valence-corrected chi connectivity index (χ1v) is 9.55. The number of H-pyrrole nitrogens is 1. The van der Waals surface area contributed by atoms with Gasteiger partial charge in [-0.15, -0.1) is 0 Å². The average molecular weight is 431 g/mol. The third-order valence-corrected chi connectivity index (χ3v) is 4.77. The fourth-order valence-electron chi connectivity index (χ4n) is 3.24. The summed E-state index contributed by atoms with van der Waals surface area (Å²) in [6, 6.07) is 12.0. The van der Waals surface area contributed by atoms with Crippen LogP contribution >= 0.6 is 0 Å². The molecule has 11 nitrogen and oxygen atoms in total. The van der Waals surface area contributed by atoms with Crippen LogP contribution in [0.3, 0.4) is 0 Å². The van der Waals surface area contributed by atoms with Crippen molar-refractivity contribution in [1.29, 1.82) is 0 Å². The number of nitrogens with zero attached hydrogens (tertiary/aromatic N) is 2. The molecule has 0 saturated carbocycles. The minimum absolute atomic E-state index is 0.0732. The molecule has 0 spiro atoms. The van der Waals surface area contributed by atoms with Crippen molar-refractivity contribution in [3.63, 3.8) is 0 Å². The van der Waals surface area contributed by atoms with Crippen LogP contribution in [0.4, 0.5) is 0 Å². The van der Waals surface area contributed by atoms with Crippen molar-refractivity contribution in [3.05, 3.63) is 81.0 Å². The Kier molecular flexibility index (Phi) is 6.28. The molecule has 0 bridgehead atoms. The summed E-state index contributed by atoms with van der Waals surface area (Å²) >= 11 is 0. The van der Waals surface area contributed by atoms with E-state index in [1.807, 2.05) is 30.3 Å². The molecule has 0 unspecified atom stereocenters. The number of aliphatic hydroxyl groups is 2. The fraction of sp³-hybridized carbons (Fsp3) is 0.350. The van der Waals surface area contributed by atoms with E-state index in [4.69, 9.17) is 18.7 Å². The normalized spacial score (nSPS) is 23.2. The lowest BCUT2D eigenvalue weighted by molar-refractivity contribution is -0.0832. The van der Waals surface area contributed by atoms with Gasteiger partial charge in [0.1, 0.15) is 43.0 Å². The number of rotatable bonds is 8. The van der Waals surface area contributed by atoms with Crippen LogP contribution in [0.1, 0.15) is 17.7 Å². The first-order valence-electron chi connectivity index (χ1n) is 9.55. The zero-order chi connectivity index (χ0) is 21.8. The second-order valence-electron chi connectivity index (χ2n) is 6.92. The second kappa shape index (κ2) is 9.27. The van der Waals surface area contributed by atoms with Gasteiger partial charge in [0.05, 0.1) is 6.61 Å². The molecule has 31 heavy (non-hydrogen) atoms. The van der Waals surface area contributed by atoms with Crippen molar-refractivity contribution >= 4 is 0 Å². The van der Waals surface area contributed by atoms with Gasteiger partial charge in [-0.2, -0.15) is 0 Å². The number of hydrogen-bond donors (Lipinski definition) is 3. The van der Waals surface area contributed by atoms with Crippen molar-refractivity contribution in [3.8, 4) is 5.75 Å². The van der Waals surface area contributed by atoms with Crippen LogP contribution in [0.15, 0.2) is 62.8 Å². The molecule has 3 aromatic rings. The van der Waals surface area contributed by atoms with E-state index >= 15 is 0 Å². The monoisotopic (exact) mass is 431 g/mol. The fourth-order valence-corrected chi connectivity index (χ4v) is 3.24. The van der Waals surface area contributed by atoms with E-state index in [9.17, 15) is 19.8 Å². The Morgan fingerprint density at radius 3 is 2.71 bits per heavy atom. The number of aliphatic hydroxyl groups excluding tert-OH is 2. The summed E-state index contributed by atoms with van der Waals surface area (Å²) in [7, 11) is 0. The summed E-state index contributed by atoms with van der Waals surface area (Å²) in [4.78, 5) is 25.6. The maximum absolute atomic E-state index is 12.1. The maximum atomic E-state index is 12.1. The maximum Gasteiger partial charge on any atom is 0.330 e. The van der Waals surface area contributed by atoms with Gasteiger partial charge >= 0.3 is 5.69 Å². The first kappa shape index (κ1) is 21.0. The summed E-state index contributed by atoms with van der Waals surface area (Å²) in [6.07, 6.45) is -2.99. The summed E-state index contributed by atoms with van der Waals surface area (Å²) in [5, 5.41) is 23.8. The minimum Gasteiger partial charge on any atom is -0.487 e. The van der Waals surface area contributed by atoms with Crippen LogP contribution in [0.25, 0.3) is 0 Å². The molecule has 1 saturated heterocycles. The highest BCUT2D eigenvalue weighted by atomic mass is 16.6. The molecule has 1 aliphatic rings. The molecule has 3 heterocycles. The van der Waals surface area contributed by atoms with E-state index in [0.717, 1.165) is 10.6 Å². The van der Waals surface area contributed by atoms with E-state index in [2.05, 4.69) is 10.1 Å². The van der Waals surface area contributed by atoms with Crippen molar-refractivity contribution in [2.24, 2.45) is 0 Å². The topological polar surface area (TPSA) is 149 Å². The third-order valence-electron chi connectivity index (χ3n) is 4.77. The molecule has 4 atom stereocenters. The quantitative estimate of drug-likeness (QED) is 0.446. The number of benzene rings is 1. The van der Waals surface area contributed by atoms with Crippen molar-refractivity contribution in [1.82, 2.24) is 14.7 Å². The third kappa shape index (κ3) is 4.75. The number of aromatic amines is 1. The Morgan fingerprint density at radius 1 is 1.16 bits per heavy atom. The van der Waals surface area contributed by atoms with Crippen LogP contribution in [0.5, 0.6) is 5.75 Å². The van der Waals surface area contributed by atoms with Crippen LogP contribution in [-0.4, -0.2) is 49.8 Å². The Hall–Kier alpha value is -3.25. The van der Waals surface area contributed by atoms with E-state index in [1.165, 1.54) is 6.20 Å². The molecule has 4 rings (SSSR count). The smallest absolute Gasteiger partial charge is 0.330 e. The zero-order valence-corrected chi connectivity index (χ0v) is 16.3. The predicted octanol–water partition coefficient (Wildman–Crippen LogP) is -0.0604. The molecule has 3 N–H and O–H groups in total. The van der Waals surface area contributed by atoms with Gasteiger partial charge in [0.25, 0.3) is 5.56 Å². The highest BCUT2D eigenvalue weighted by Crippen LogP contribution is 2.31. The molecule has 0 aliphatic carbocycles. The second-order valence-corrected chi connectivity index (χ2v) is 6.92. The van der Waals surface area contributed by atoms with Gasteiger partial charge in [-0.05, 0) is 12.1 Å². The molecule has 1 fully saturated rings. The predicted molar refractivity (Wildman–Crippen MR) is 104 cm³/mol. The molecule has 1 aliphatic heterocycles. The van der Waals surface area contributed by atoms with Crippen LogP contribution in [0.2, 0.25) is 0 Å². The van der Waals surface area contributed by atoms with Crippen LogP contribution in [-0.2, 0) is 22.7 Å². The summed E-state index contributed by atoms with van der Waals surface area (Å²) in [5.74, 6) is 1.07. The van der Waals surface area contributed by atoms with Gasteiger partial charge in [-0.3, -0.25) is 14.3 Å². The molecule has 164 valence electrons. The largest absolute Gasteiger partial charge is 0.487 e. The van der Waals surface area contributed by atoms with Crippen molar-refractivity contribution < 1.29 is 28.9 Å². The van der Waals surface area contributed by atoms with Gasteiger partial charge in [-0.1, -0.05) is 23.4 Å². The summed E-state index contributed by atoms with van der Waals surface area (Å²) < 4.78 is 23.3. The van der Waals surface area contributed by atoms with Crippen molar-refractivity contribution in [2.45, 2.75) is 37.8 Å². The Balaban J connectivity index is 1.42. The first-order chi connectivity index (χ1) is 15.0.